The van der Waals surface area contributed by atoms with Crippen molar-refractivity contribution in [3.63, 3.8) is 0 Å². The summed E-state index contributed by atoms with van der Waals surface area (Å²) in [4.78, 5) is 9.00. The van der Waals surface area contributed by atoms with Gasteiger partial charge >= 0.3 is 0 Å². The van der Waals surface area contributed by atoms with Crippen molar-refractivity contribution in [2.24, 2.45) is 5.73 Å². The third-order valence-electron chi connectivity index (χ3n) is 2.62. The molecule has 1 aromatic carbocycles. The van der Waals surface area contributed by atoms with Crippen molar-refractivity contribution in [3.8, 4) is 11.4 Å². The van der Waals surface area contributed by atoms with E-state index in [0.29, 0.717) is 6.54 Å². The van der Waals surface area contributed by atoms with Crippen molar-refractivity contribution in [1.82, 2.24) is 9.97 Å². The van der Waals surface area contributed by atoms with Gasteiger partial charge < -0.3 is 5.73 Å². The summed E-state index contributed by atoms with van der Waals surface area (Å²) in [6, 6.07) is 10.2. The molecule has 2 aromatic rings. The van der Waals surface area contributed by atoms with E-state index in [1.165, 1.54) is 5.56 Å². The maximum Gasteiger partial charge on any atom is 0.159 e. The van der Waals surface area contributed by atoms with Crippen LogP contribution in [-0.4, -0.2) is 16.5 Å². The van der Waals surface area contributed by atoms with Crippen LogP contribution in [0.5, 0.6) is 0 Å². The van der Waals surface area contributed by atoms with E-state index < -0.39 is 0 Å². The van der Waals surface area contributed by atoms with E-state index in [-0.39, 0.29) is 0 Å². The van der Waals surface area contributed by atoms with Crippen molar-refractivity contribution >= 4 is 0 Å². The fourth-order valence-electron chi connectivity index (χ4n) is 1.74. The van der Waals surface area contributed by atoms with Crippen LogP contribution in [0.25, 0.3) is 11.4 Å². The van der Waals surface area contributed by atoms with E-state index in [2.05, 4.69) is 41.2 Å². The number of nitrogens with zero attached hydrogens (tertiary/aromatic N) is 2. The van der Waals surface area contributed by atoms with Crippen LogP contribution in [0, 0.1) is 13.8 Å². The zero-order valence-corrected chi connectivity index (χ0v) is 10.3. The number of aryl methyl sites for hydroxylation is 2. The Balaban J connectivity index is 2.40. The van der Waals surface area contributed by atoms with Crippen LogP contribution in [0.2, 0.25) is 0 Å². The maximum absolute atomic E-state index is 5.56. The Kier molecular flexibility index (Phi) is 3.49. The van der Waals surface area contributed by atoms with Crippen LogP contribution in [0.1, 0.15) is 17.0 Å². The van der Waals surface area contributed by atoms with Crippen molar-refractivity contribution in [3.05, 3.63) is 47.3 Å². The summed E-state index contributed by atoms with van der Waals surface area (Å²) >= 11 is 0. The molecule has 0 aliphatic rings. The van der Waals surface area contributed by atoms with E-state index in [1.54, 1.807) is 0 Å². The highest BCUT2D eigenvalue weighted by atomic mass is 14.9. The van der Waals surface area contributed by atoms with Gasteiger partial charge in [-0.3, -0.25) is 0 Å². The van der Waals surface area contributed by atoms with Gasteiger partial charge in [0.1, 0.15) is 0 Å². The molecular weight excluding hydrogens is 210 g/mol. The Morgan fingerprint density at radius 3 is 2.41 bits per heavy atom. The number of aromatic nitrogens is 2. The molecule has 0 saturated heterocycles. The van der Waals surface area contributed by atoms with Gasteiger partial charge in [-0.1, -0.05) is 29.8 Å². The third kappa shape index (κ3) is 2.88. The Bertz CT molecular complexity index is 503. The molecule has 2 N–H and O–H groups in total. The van der Waals surface area contributed by atoms with Crippen LogP contribution in [0.15, 0.2) is 30.3 Å². The maximum atomic E-state index is 5.56. The van der Waals surface area contributed by atoms with E-state index in [9.17, 15) is 0 Å². The lowest BCUT2D eigenvalue weighted by atomic mass is 10.1. The van der Waals surface area contributed by atoms with Gasteiger partial charge in [0.05, 0.1) is 0 Å². The first-order chi connectivity index (χ1) is 8.19. The molecule has 0 fully saturated rings. The van der Waals surface area contributed by atoms with E-state index in [4.69, 9.17) is 5.73 Å². The van der Waals surface area contributed by atoms with Gasteiger partial charge in [0, 0.05) is 23.4 Å². The quantitative estimate of drug-likeness (QED) is 0.875. The first-order valence-corrected chi connectivity index (χ1v) is 5.80. The highest BCUT2D eigenvalue weighted by Crippen LogP contribution is 2.16. The van der Waals surface area contributed by atoms with Gasteiger partial charge in [0.25, 0.3) is 0 Å². The van der Waals surface area contributed by atoms with Crippen LogP contribution >= 0.6 is 0 Å². The number of hydrogen-bond acceptors (Lipinski definition) is 3. The van der Waals surface area contributed by atoms with Gasteiger partial charge in [0.2, 0.25) is 0 Å². The third-order valence-corrected chi connectivity index (χ3v) is 2.62. The molecule has 2 rings (SSSR count). The lowest BCUT2D eigenvalue weighted by molar-refractivity contribution is 0.905. The Hall–Kier alpha value is -1.74. The number of rotatable bonds is 3. The highest BCUT2D eigenvalue weighted by molar-refractivity contribution is 5.55. The molecule has 1 heterocycles. The number of benzene rings is 1. The molecule has 17 heavy (non-hydrogen) atoms. The molecule has 88 valence electrons. The van der Waals surface area contributed by atoms with E-state index in [1.807, 2.05) is 13.0 Å². The molecule has 1 aromatic heterocycles. The minimum atomic E-state index is 0.615. The van der Waals surface area contributed by atoms with Crippen molar-refractivity contribution < 1.29 is 0 Å². The second kappa shape index (κ2) is 5.06. The zero-order valence-electron chi connectivity index (χ0n) is 10.3. The lowest BCUT2D eigenvalue weighted by Gasteiger charge is -2.05. The summed E-state index contributed by atoms with van der Waals surface area (Å²) in [6.07, 6.45) is 0.794. The van der Waals surface area contributed by atoms with Crippen LogP contribution in [-0.2, 0) is 6.42 Å². The average Bonchev–Trinajstić information content (AvgIpc) is 2.29. The fourth-order valence-corrected chi connectivity index (χ4v) is 1.74. The zero-order chi connectivity index (χ0) is 12.3. The molecule has 3 heteroatoms. The van der Waals surface area contributed by atoms with Gasteiger partial charge in [-0.2, -0.15) is 0 Å². The number of nitrogens with two attached hydrogens (primary N) is 1. The van der Waals surface area contributed by atoms with Gasteiger partial charge in [0.15, 0.2) is 5.82 Å². The molecule has 0 spiro atoms. The lowest BCUT2D eigenvalue weighted by Crippen LogP contribution is -2.06. The van der Waals surface area contributed by atoms with Crippen LogP contribution in [0.3, 0.4) is 0 Å². The summed E-state index contributed by atoms with van der Waals surface area (Å²) < 4.78 is 0. The summed E-state index contributed by atoms with van der Waals surface area (Å²) in [6.45, 7) is 4.67. The summed E-state index contributed by atoms with van der Waals surface area (Å²) in [5, 5.41) is 0. The molecule has 0 amide bonds. The summed E-state index contributed by atoms with van der Waals surface area (Å²) in [7, 11) is 0. The minimum Gasteiger partial charge on any atom is -0.330 e. The molecule has 0 aliphatic carbocycles. The summed E-state index contributed by atoms with van der Waals surface area (Å²) in [5.74, 6) is 0.786. The topological polar surface area (TPSA) is 51.8 Å². The van der Waals surface area contributed by atoms with Crippen LogP contribution in [0.4, 0.5) is 0 Å². The predicted molar refractivity (Wildman–Crippen MR) is 69.7 cm³/mol. The monoisotopic (exact) mass is 227 g/mol. The van der Waals surface area contributed by atoms with Crippen molar-refractivity contribution in [2.45, 2.75) is 20.3 Å². The molecular formula is C14H17N3. The average molecular weight is 227 g/mol. The Morgan fingerprint density at radius 2 is 1.76 bits per heavy atom. The van der Waals surface area contributed by atoms with Crippen LogP contribution < -0.4 is 5.73 Å². The standard InChI is InChI=1S/C14H17N3/c1-10-3-5-12(6-4-10)14-16-11(2)9-13(17-14)7-8-15/h3-6,9H,7-8,15H2,1-2H3. The first kappa shape index (κ1) is 11.7. The Morgan fingerprint density at radius 1 is 1.06 bits per heavy atom. The van der Waals surface area contributed by atoms with Crippen molar-refractivity contribution in [2.75, 3.05) is 6.54 Å². The molecule has 3 nitrogen and oxygen atoms in total. The number of hydrogen-bond donors (Lipinski definition) is 1. The largest absolute Gasteiger partial charge is 0.330 e. The van der Waals surface area contributed by atoms with Gasteiger partial charge in [-0.05, 0) is 26.5 Å². The molecule has 0 aliphatic heterocycles. The second-order valence-electron chi connectivity index (χ2n) is 4.23. The molecule has 0 bridgehead atoms. The fraction of sp³-hybridized carbons (Fsp3) is 0.286. The molecule has 0 radical (unpaired) electrons. The molecule has 0 saturated carbocycles. The Labute approximate surface area is 102 Å². The first-order valence-electron chi connectivity index (χ1n) is 5.80. The molecule has 0 unspecified atom stereocenters. The van der Waals surface area contributed by atoms with Gasteiger partial charge in [-0.15, -0.1) is 0 Å². The predicted octanol–water partition coefficient (Wildman–Crippen LogP) is 2.26. The summed E-state index contributed by atoms with van der Waals surface area (Å²) in [5.41, 5.74) is 9.85. The normalized spacial score (nSPS) is 10.5. The second-order valence-corrected chi connectivity index (χ2v) is 4.23. The van der Waals surface area contributed by atoms with Gasteiger partial charge in [-0.25, -0.2) is 9.97 Å². The SMILES string of the molecule is Cc1ccc(-c2nc(C)cc(CCN)n2)cc1. The van der Waals surface area contributed by atoms with Crippen molar-refractivity contribution in [1.29, 1.82) is 0 Å². The highest BCUT2D eigenvalue weighted by Gasteiger charge is 2.04. The molecule has 0 atom stereocenters. The van der Waals surface area contributed by atoms with E-state index >= 15 is 0 Å². The van der Waals surface area contributed by atoms with E-state index in [0.717, 1.165) is 29.2 Å². The minimum absolute atomic E-state index is 0.615. The smallest absolute Gasteiger partial charge is 0.159 e.